The van der Waals surface area contributed by atoms with Crippen LogP contribution in [0.3, 0.4) is 0 Å². The van der Waals surface area contributed by atoms with Crippen molar-refractivity contribution in [3.05, 3.63) is 23.8 Å². The molecular formula is C16H27N3O2. The van der Waals surface area contributed by atoms with Crippen LogP contribution in [0.1, 0.15) is 25.5 Å². The van der Waals surface area contributed by atoms with Gasteiger partial charge in [-0.05, 0) is 31.2 Å². The van der Waals surface area contributed by atoms with Crippen LogP contribution in [0.25, 0.3) is 0 Å². The maximum absolute atomic E-state index is 9.73. The SMILES string of the molecule is CCN1CCN(C(CN)c2ccc(O)c(OC)c2)CC1C. The first-order valence-electron chi connectivity index (χ1n) is 7.65. The molecule has 1 saturated heterocycles. The van der Waals surface area contributed by atoms with Crippen molar-refractivity contribution in [3.63, 3.8) is 0 Å². The Bertz CT molecular complexity index is 467. The average Bonchev–Trinajstić information content (AvgIpc) is 2.49. The average molecular weight is 293 g/mol. The van der Waals surface area contributed by atoms with Gasteiger partial charge in [0.15, 0.2) is 11.5 Å². The van der Waals surface area contributed by atoms with Gasteiger partial charge in [0.25, 0.3) is 0 Å². The highest BCUT2D eigenvalue weighted by molar-refractivity contribution is 5.42. The third-order valence-electron chi connectivity index (χ3n) is 4.46. The fraction of sp³-hybridized carbons (Fsp3) is 0.625. The molecule has 0 aromatic heterocycles. The molecule has 21 heavy (non-hydrogen) atoms. The molecule has 0 spiro atoms. The summed E-state index contributed by atoms with van der Waals surface area (Å²) in [6, 6.07) is 6.22. The monoisotopic (exact) mass is 293 g/mol. The second-order valence-corrected chi connectivity index (χ2v) is 5.66. The van der Waals surface area contributed by atoms with E-state index in [1.807, 2.05) is 12.1 Å². The lowest BCUT2D eigenvalue weighted by Gasteiger charge is -2.42. The van der Waals surface area contributed by atoms with Gasteiger partial charge in [-0.25, -0.2) is 0 Å². The Kier molecular flexibility index (Phi) is 5.45. The van der Waals surface area contributed by atoms with Crippen LogP contribution in [0.15, 0.2) is 18.2 Å². The Labute approximate surface area is 127 Å². The highest BCUT2D eigenvalue weighted by atomic mass is 16.5. The molecule has 0 bridgehead atoms. The van der Waals surface area contributed by atoms with Gasteiger partial charge < -0.3 is 15.6 Å². The van der Waals surface area contributed by atoms with Crippen molar-refractivity contribution in [2.24, 2.45) is 5.73 Å². The van der Waals surface area contributed by atoms with Gasteiger partial charge in [-0.3, -0.25) is 9.80 Å². The van der Waals surface area contributed by atoms with E-state index in [-0.39, 0.29) is 11.8 Å². The number of phenols is 1. The van der Waals surface area contributed by atoms with Crippen LogP contribution in [0.5, 0.6) is 11.5 Å². The van der Waals surface area contributed by atoms with Crippen molar-refractivity contribution < 1.29 is 9.84 Å². The van der Waals surface area contributed by atoms with Crippen LogP contribution in [-0.2, 0) is 0 Å². The largest absolute Gasteiger partial charge is 0.504 e. The molecule has 0 amide bonds. The molecule has 0 saturated carbocycles. The zero-order chi connectivity index (χ0) is 15.4. The Morgan fingerprint density at radius 3 is 2.76 bits per heavy atom. The molecule has 5 heteroatoms. The molecule has 1 aromatic rings. The Balaban J connectivity index is 2.16. The van der Waals surface area contributed by atoms with E-state index in [4.69, 9.17) is 10.5 Å². The summed E-state index contributed by atoms with van der Waals surface area (Å²) in [5.74, 6) is 0.674. The predicted octanol–water partition coefficient (Wildman–Crippen LogP) is 1.43. The summed E-state index contributed by atoms with van der Waals surface area (Å²) >= 11 is 0. The maximum Gasteiger partial charge on any atom is 0.160 e. The minimum Gasteiger partial charge on any atom is -0.504 e. The number of likely N-dealkylation sites (N-methyl/N-ethyl adjacent to an activating group) is 1. The number of aromatic hydroxyl groups is 1. The number of hydrogen-bond donors (Lipinski definition) is 2. The van der Waals surface area contributed by atoms with Gasteiger partial charge in [-0.1, -0.05) is 13.0 Å². The Morgan fingerprint density at radius 1 is 1.43 bits per heavy atom. The number of hydrogen-bond acceptors (Lipinski definition) is 5. The van der Waals surface area contributed by atoms with Gasteiger partial charge in [-0.2, -0.15) is 0 Å². The van der Waals surface area contributed by atoms with Crippen LogP contribution in [-0.4, -0.2) is 60.8 Å². The summed E-state index contributed by atoms with van der Waals surface area (Å²) in [5.41, 5.74) is 7.12. The predicted molar refractivity (Wildman–Crippen MR) is 84.7 cm³/mol. The summed E-state index contributed by atoms with van der Waals surface area (Å²) in [6.07, 6.45) is 0. The molecular weight excluding hydrogens is 266 g/mol. The van der Waals surface area contributed by atoms with E-state index in [1.54, 1.807) is 13.2 Å². The number of phenolic OH excluding ortho intramolecular Hbond substituents is 1. The molecule has 5 nitrogen and oxygen atoms in total. The lowest BCUT2D eigenvalue weighted by atomic mass is 10.0. The number of benzene rings is 1. The van der Waals surface area contributed by atoms with Crippen molar-refractivity contribution >= 4 is 0 Å². The van der Waals surface area contributed by atoms with Gasteiger partial charge in [0, 0.05) is 38.3 Å². The molecule has 2 rings (SSSR count). The second-order valence-electron chi connectivity index (χ2n) is 5.66. The summed E-state index contributed by atoms with van der Waals surface area (Å²) in [5, 5.41) is 9.73. The van der Waals surface area contributed by atoms with Crippen LogP contribution < -0.4 is 10.5 Å². The molecule has 1 fully saturated rings. The van der Waals surface area contributed by atoms with Crippen LogP contribution in [0.4, 0.5) is 0 Å². The summed E-state index contributed by atoms with van der Waals surface area (Å²) in [7, 11) is 1.57. The molecule has 118 valence electrons. The van der Waals surface area contributed by atoms with Crippen molar-refractivity contribution in [3.8, 4) is 11.5 Å². The fourth-order valence-corrected chi connectivity index (χ4v) is 3.17. The number of piperazine rings is 1. The quantitative estimate of drug-likeness (QED) is 0.860. The number of rotatable bonds is 5. The zero-order valence-electron chi connectivity index (χ0n) is 13.2. The normalized spacial score (nSPS) is 22.2. The second kappa shape index (κ2) is 7.11. The van der Waals surface area contributed by atoms with E-state index in [9.17, 15) is 5.11 Å². The Hall–Kier alpha value is -1.30. The maximum atomic E-state index is 9.73. The minimum atomic E-state index is 0.168. The smallest absolute Gasteiger partial charge is 0.160 e. The summed E-state index contributed by atoms with van der Waals surface area (Å²) in [4.78, 5) is 4.92. The molecule has 3 N–H and O–H groups in total. The van der Waals surface area contributed by atoms with E-state index < -0.39 is 0 Å². The lowest BCUT2D eigenvalue weighted by Crippen LogP contribution is -2.53. The number of nitrogens with zero attached hydrogens (tertiary/aromatic N) is 2. The third-order valence-corrected chi connectivity index (χ3v) is 4.46. The highest BCUT2D eigenvalue weighted by Crippen LogP contribution is 2.31. The molecule has 1 aliphatic rings. The first kappa shape index (κ1) is 16.1. The minimum absolute atomic E-state index is 0.168. The van der Waals surface area contributed by atoms with Crippen LogP contribution in [0.2, 0.25) is 0 Å². The van der Waals surface area contributed by atoms with Gasteiger partial charge >= 0.3 is 0 Å². The summed E-state index contributed by atoms with van der Waals surface area (Å²) < 4.78 is 5.21. The van der Waals surface area contributed by atoms with Gasteiger partial charge in [-0.15, -0.1) is 0 Å². The van der Waals surface area contributed by atoms with E-state index in [0.29, 0.717) is 18.3 Å². The number of nitrogens with two attached hydrogens (primary N) is 1. The standard InChI is InChI=1S/C16H27N3O2/c1-4-18-7-8-19(11-12(18)2)14(10-17)13-5-6-15(20)16(9-13)21-3/h5-6,9,12,14,20H,4,7-8,10-11,17H2,1-3H3. The third kappa shape index (κ3) is 3.48. The molecule has 0 radical (unpaired) electrons. The van der Waals surface area contributed by atoms with Gasteiger partial charge in [0.05, 0.1) is 7.11 Å². The summed E-state index contributed by atoms with van der Waals surface area (Å²) in [6.45, 7) is 9.23. The number of methoxy groups -OCH3 is 1. The topological polar surface area (TPSA) is 62.0 Å². The van der Waals surface area contributed by atoms with E-state index in [2.05, 4.69) is 23.6 Å². The van der Waals surface area contributed by atoms with Crippen LogP contribution in [0, 0.1) is 0 Å². The fourth-order valence-electron chi connectivity index (χ4n) is 3.17. The van der Waals surface area contributed by atoms with Crippen molar-refractivity contribution in [1.29, 1.82) is 0 Å². The van der Waals surface area contributed by atoms with Crippen molar-refractivity contribution in [2.45, 2.75) is 25.9 Å². The first-order chi connectivity index (χ1) is 10.1. The molecule has 0 aliphatic carbocycles. The van der Waals surface area contributed by atoms with Crippen LogP contribution >= 0.6 is 0 Å². The lowest BCUT2D eigenvalue weighted by molar-refractivity contribution is 0.0606. The number of ether oxygens (including phenoxy) is 1. The molecule has 2 atom stereocenters. The molecule has 1 aliphatic heterocycles. The Morgan fingerprint density at radius 2 is 2.19 bits per heavy atom. The van der Waals surface area contributed by atoms with E-state index >= 15 is 0 Å². The van der Waals surface area contributed by atoms with Crippen molar-refractivity contribution in [1.82, 2.24) is 9.80 Å². The zero-order valence-corrected chi connectivity index (χ0v) is 13.2. The molecule has 1 aromatic carbocycles. The molecule has 2 unspecified atom stereocenters. The van der Waals surface area contributed by atoms with Gasteiger partial charge in [0.1, 0.15) is 0 Å². The molecule has 1 heterocycles. The van der Waals surface area contributed by atoms with Gasteiger partial charge in [0.2, 0.25) is 0 Å². The van der Waals surface area contributed by atoms with Crippen molar-refractivity contribution in [2.75, 3.05) is 39.8 Å². The van der Waals surface area contributed by atoms with E-state index in [1.165, 1.54) is 0 Å². The first-order valence-corrected chi connectivity index (χ1v) is 7.65. The highest BCUT2D eigenvalue weighted by Gasteiger charge is 2.28. The van der Waals surface area contributed by atoms with E-state index in [0.717, 1.165) is 31.7 Å².